The van der Waals surface area contributed by atoms with E-state index >= 15 is 0 Å². The second-order valence-corrected chi connectivity index (χ2v) is 10.7. The van der Waals surface area contributed by atoms with Crippen molar-refractivity contribution in [3.05, 3.63) is 0 Å². The normalized spacial score (nSPS) is 57.2. The molecule has 6 saturated heterocycles. The van der Waals surface area contributed by atoms with Gasteiger partial charge in [-0.2, -0.15) is 0 Å². The van der Waals surface area contributed by atoms with Gasteiger partial charge in [-0.05, 0) is 0 Å². The van der Waals surface area contributed by atoms with Crippen LogP contribution in [-0.4, -0.2) is 24.1 Å². The third-order valence-electron chi connectivity index (χ3n) is 5.51. The molecule has 6 aliphatic heterocycles. The molecular weight excluding hydrogens is 151 g/mol. The van der Waals surface area contributed by atoms with E-state index in [4.69, 9.17) is 0 Å². The molecule has 0 saturated carbocycles. The van der Waals surface area contributed by atoms with Crippen LogP contribution < -0.4 is 0 Å². The van der Waals surface area contributed by atoms with E-state index in [0.717, 1.165) is 17.3 Å². The third-order valence-corrected chi connectivity index (χ3v) is 11.7. The van der Waals surface area contributed by atoms with Crippen molar-refractivity contribution in [2.45, 2.75) is 26.4 Å². The SMILES string of the molecule is C[C@@H]1[C@@H]2C[PH]13CC(C3)C2(C)C. The summed E-state index contributed by atoms with van der Waals surface area (Å²) in [5, 5.41) is 0. The fourth-order valence-electron chi connectivity index (χ4n) is 4.26. The van der Waals surface area contributed by atoms with Crippen LogP contribution in [0.1, 0.15) is 20.8 Å². The van der Waals surface area contributed by atoms with Crippen LogP contribution in [0, 0.1) is 17.3 Å². The fraction of sp³-hybridized carbons (Fsp3) is 1.00. The molecule has 1 spiro atoms. The van der Waals surface area contributed by atoms with Crippen LogP contribution in [0.4, 0.5) is 0 Å². The molecule has 0 unspecified atom stereocenters. The average Bonchev–Trinajstić information content (AvgIpc) is 1.79. The standard InChI is InChI=1S/C10H19P/c1-7-9-6-11(7)4-8(5-11)10(9,2)3/h7-9,11H,4-6H2,1-3H3/t7-,9+/m1/s1. The summed E-state index contributed by atoms with van der Waals surface area (Å²) in [6.45, 7) is 7.60. The van der Waals surface area contributed by atoms with Crippen molar-refractivity contribution in [1.29, 1.82) is 0 Å². The number of rotatable bonds is 0. The van der Waals surface area contributed by atoms with E-state index in [0.29, 0.717) is 0 Å². The molecule has 3 bridgehead atoms. The van der Waals surface area contributed by atoms with Crippen LogP contribution in [0.3, 0.4) is 0 Å². The number of hydrogen-bond donors (Lipinski definition) is 0. The fourth-order valence-corrected chi connectivity index (χ4v) is 11.3. The van der Waals surface area contributed by atoms with Crippen LogP contribution in [0.2, 0.25) is 0 Å². The summed E-state index contributed by atoms with van der Waals surface area (Å²) < 4.78 is 0. The molecule has 0 N–H and O–H groups in total. The Morgan fingerprint density at radius 1 is 1.18 bits per heavy atom. The van der Waals surface area contributed by atoms with Crippen LogP contribution >= 0.6 is 7.26 Å². The molecule has 64 valence electrons. The summed E-state index contributed by atoms with van der Waals surface area (Å²) in [6.07, 6.45) is 5.12. The van der Waals surface area contributed by atoms with Crippen LogP contribution in [-0.2, 0) is 0 Å². The van der Waals surface area contributed by atoms with Crippen molar-refractivity contribution in [2.24, 2.45) is 17.3 Å². The molecule has 0 radical (unpaired) electrons. The Bertz CT molecular complexity index is 207. The van der Waals surface area contributed by atoms with Crippen molar-refractivity contribution in [3.8, 4) is 0 Å². The molecule has 6 rings (SSSR count). The summed E-state index contributed by atoms with van der Waals surface area (Å²) in [7, 11) is -0.496. The van der Waals surface area contributed by atoms with Crippen LogP contribution in [0.15, 0.2) is 0 Å². The van der Waals surface area contributed by atoms with Crippen LogP contribution in [0.25, 0.3) is 0 Å². The van der Waals surface area contributed by atoms with Crippen molar-refractivity contribution in [3.63, 3.8) is 0 Å². The second kappa shape index (κ2) is 1.55. The third kappa shape index (κ3) is 0.529. The second-order valence-electron chi connectivity index (χ2n) is 5.89. The topological polar surface area (TPSA) is 0 Å². The molecule has 11 heavy (non-hydrogen) atoms. The predicted molar refractivity (Wildman–Crippen MR) is 53.1 cm³/mol. The van der Waals surface area contributed by atoms with Crippen molar-refractivity contribution in [1.82, 2.24) is 0 Å². The molecule has 0 aromatic carbocycles. The van der Waals surface area contributed by atoms with E-state index in [-0.39, 0.29) is 0 Å². The molecule has 6 fully saturated rings. The quantitative estimate of drug-likeness (QED) is 0.490. The first-order chi connectivity index (χ1) is 5.06. The summed E-state index contributed by atoms with van der Waals surface area (Å²) in [5.41, 5.74) is 1.93. The van der Waals surface area contributed by atoms with Crippen molar-refractivity contribution in [2.75, 3.05) is 18.5 Å². The van der Waals surface area contributed by atoms with Gasteiger partial charge in [0.25, 0.3) is 0 Å². The molecule has 1 heteroatoms. The van der Waals surface area contributed by atoms with Gasteiger partial charge in [0.15, 0.2) is 0 Å². The molecule has 6 aliphatic rings. The molecule has 2 atom stereocenters. The van der Waals surface area contributed by atoms with E-state index in [1.54, 1.807) is 18.5 Å². The van der Waals surface area contributed by atoms with E-state index in [1.165, 1.54) is 5.66 Å². The molecule has 0 aromatic rings. The zero-order valence-corrected chi connectivity index (χ0v) is 8.85. The Labute approximate surface area is 70.1 Å². The Morgan fingerprint density at radius 3 is 2.09 bits per heavy atom. The molecule has 0 amide bonds. The van der Waals surface area contributed by atoms with Gasteiger partial charge in [-0.15, -0.1) is 0 Å². The van der Waals surface area contributed by atoms with E-state index < -0.39 is 7.26 Å². The monoisotopic (exact) mass is 170 g/mol. The zero-order valence-electron chi connectivity index (χ0n) is 7.85. The van der Waals surface area contributed by atoms with Gasteiger partial charge in [-0.3, -0.25) is 0 Å². The first kappa shape index (κ1) is 6.89. The van der Waals surface area contributed by atoms with Gasteiger partial charge >= 0.3 is 69.4 Å². The summed E-state index contributed by atoms with van der Waals surface area (Å²) >= 11 is 0. The molecule has 0 nitrogen and oxygen atoms in total. The van der Waals surface area contributed by atoms with E-state index in [9.17, 15) is 0 Å². The Kier molecular flexibility index (Phi) is 0.974. The van der Waals surface area contributed by atoms with Gasteiger partial charge in [0.1, 0.15) is 0 Å². The van der Waals surface area contributed by atoms with Crippen LogP contribution in [0.5, 0.6) is 0 Å². The van der Waals surface area contributed by atoms with Gasteiger partial charge in [-0.1, -0.05) is 0 Å². The summed E-state index contributed by atoms with van der Waals surface area (Å²) in [5.74, 6) is 2.30. The van der Waals surface area contributed by atoms with Gasteiger partial charge in [0.05, 0.1) is 0 Å². The van der Waals surface area contributed by atoms with Gasteiger partial charge < -0.3 is 0 Å². The first-order valence-electron chi connectivity index (χ1n) is 5.06. The van der Waals surface area contributed by atoms with Gasteiger partial charge in [0.2, 0.25) is 0 Å². The van der Waals surface area contributed by atoms with E-state index in [1.807, 2.05) is 0 Å². The molecule has 0 aliphatic carbocycles. The van der Waals surface area contributed by atoms with Crippen molar-refractivity contribution < 1.29 is 0 Å². The van der Waals surface area contributed by atoms with Crippen molar-refractivity contribution >= 4 is 7.26 Å². The molecule has 0 aromatic heterocycles. The number of hydrogen-bond acceptors (Lipinski definition) is 0. The molecular formula is C10H19P. The minimum atomic E-state index is -0.496. The van der Waals surface area contributed by atoms with Gasteiger partial charge in [-0.25, -0.2) is 0 Å². The summed E-state index contributed by atoms with van der Waals surface area (Å²) in [6, 6.07) is 0. The zero-order chi connectivity index (χ0) is 7.85. The minimum absolute atomic E-state index is 0.496. The molecule has 6 heterocycles. The Balaban J connectivity index is 2.01. The average molecular weight is 170 g/mol. The first-order valence-corrected chi connectivity index (χ1v) is 7.76. The summed E-state index contributed by atoms with van der Waals surface area (Å²) in [4.78, 5) is 0. The maximum atomic E-state index is 2.55. The Morgan fingerprint density at radius 2 is 1.82 bits per heavy atom. The maximum absolute atomic E-state index is 2.55. The predicted octanol–water partition coefficient (Wildman–Crippen LogP) is 2.42. The van der Waals surface area contributed by atoms with Gasteiger partial charge in [0, 0.05) is 0 Å². The van der Waals surface area contributed by atoms with E-state index in [2.05, 4.69) is 20.8 Å². The Hall–Kier alpha value is 0.430.